The number of nitrogens with one attached hydrogen (secondary N) is 1. The van der Waals surface area contributed by atoms with E-state index in [4.69, 9.17) is 11.2 Å². The summed E-state index contributed by atoms with van der Waals surface area (Å²) < 4.78 is 7.84. The Morgan fingerprint density at radius 2 is 1.23 bits per heavy atom. The van der Waals surface area contributed by atoms with Crippen LogP contribution in [-0.4, -0.2) is 11.1 Å². The van der Waals surface area contributed by atoms with Crippen LogP contribution in [-0.2, 0) is 13.1 Å². The van der Waals surface area contributed by atoms with Crippen molar-refractivity contribution in [1.29, 1.82) is 0 Å². The second-order valence-electron chi connectivity index (χ2n) is 8.49. The number of terminal acetylenes is 1. The van der Waals surface area contributed by atoms with E-state index in [1.807, 2.05) is 19.1 Å². The fourth-order valence-electron chi connectivity index (χ4n) is 3.62. The summed E-state index contributed by atoms with van der Waals surface area (Å²) in [7, 11) is 0. The molecule has 2 aromatic carbocycles. The lowest BCUT2D eigenvalue weighted by Crippen LogP contribution is -2.11. The van der Waals surface area contributed by atoms with Gasteiger partial charge in [0.1, 0.15) is 11.9 Å². The molecule has 0 aliphatic rings. The number of nitrogens with zero attached hydrogens (tertiary/aromatic N) is 1. The Morgan fingerprint density at radius 1 is 0.659 bits per heavy atom. The minimum absolute atomic E-state index is 0.660. The molecule has 0 aliphatic carbocycles. The van der Waals surface area contributed by atoms with Crippen LogP contribution in [0.1, 0.15) is 23.6 Å². The van der Waals surface area contributed by atoms with Gasteiger partial charge in [-0.05, 0) is 113 Å². The first-order valence-electron chi connectivity index (χ1n) is 13.2. The third kappa shape index (κ3) is 12.0. The fraction of sp³-hybridized carbons (Fsp3) is 0.122. The van der Waals surface area contributed by atoms with Crippen LogP contribution in [0.25, 0.3) is 10.9 Å². The zero-order valence-electron chi connectivity index (χ0n) is 24.2. The molecule has 0 radical (unpaired) electrons. The Bertz CT molecular complexity index is 2240. The molecule has 0 aliphatic heterocycles. The van der Waals surface area contributed by atoms with Crippen LogP contribution in [0.4, 0.5) is 0 Å². The largest absolute Gasteiger partial charge is 0.407 e. The van der Waals surface area contributed by atoms with Crippen LogP contribution in [0.15, 0.2) is 48.7 Å². The molecular weight excluding hydrogens is 536 g/mol. The molecule has 3 aromatic rings. The summed E-state index contributed by atoms with van der Waals surface area (Å²) in [6, 6.07) is 14.8. The van der Waals surface area contributed by atoms with Gasteiger partial charge < -0.3 is 14.6 Å². The zero-order valence-corrected chi connectivity index (χ0v) is 24.2. The quantitative estimate of drug-likeness (QED) is 0.461. The van der Waals surface area contributed by atoms with E-state index in [0.717, 1.165) is 30.8 Å². The number of aryl methyl sites for hydroxylation is 1. The van der Waals surface area contributed by atoms with Gasteiger partial charge in [0.25, 0.3) is 0 Å². The van der Waals surface area contributed by atoms with Gasteiger partial charge >= 0.3 is 0 Å². The highest BCUT2D eigenvalue weighted by atomic mass is 16.5. The van der Waals surface area contributed by atoms with Crippen molar-refractivity contribution in [2.75, 3.05) is 6.54 Å². The van der Waals surface area contributed by atoms with E-state index in [9.17, 15) is 0 Å². The van der Waals surface area contributed by atoms with Crippen LogP contribution in [0, 0.1) is 138 Å². The average molecular weight is 559 g/mol. The van der Waals surface area contributed by atoms with Crippen molar-refractivity contribution in [2.24, 2.45) is 0 Å². The van der Waals surface area contributed by atoms with Crippen molar-refractivity contribution in [1.82, 2.24) is 9.88 Å². The second kappa shape index (κ2) is 19.1. The molecule has 3 heteroatoms. The van der Waals surface area contributed by atoms with Crippen molar-refractivity contribution < 1.29 is 4.74 Å². The van der Waals surface area contributed by atoms with Crippen LogP contribution in [0.3, 0.4) is 0 Å². The molecule has 0 atom stereocenters. The molecule has 0 fully saturated rings. The van der Waals surface area contributed by atoms with E-state index in [2.05, 4.69) is 178 Å². The summed E-state index contributed by atoms with van der Waals surface area (Å²) in [5.41, 5.74) is 4.67. The molecule has 0 unspecified atom stereocenters. The van der Waals surface area contributed by atoms with Gasteiger partial charge in [0.05, 0.1) is 0 Å². The van der Waals surface area contributed by atoms with E-state index in [0.29, 0.717) is 5.75 Å². The van der Waals surface area contributed by atoms with Crippen molar-refractivity contribution in [3.63, 3.8) is 0 Å². The zero-order chi connectivity index (χ0) is 31.1. The number of hydrogen-bond donors (Lipinski definition) is 1. The second-order valence-corrected chi connectivity index (χ2v) is 8.49. The van der Waals surface area contributed by atoms with Crippen molar-refractivity contribution in [2.45, 2.75) is 26.9 Å². The standard InChI is InChI=1S/C41H22N2O/c1-4-6-7-8-9-10-11-12-13-14-15-16-17-18-19-20-21-22-23-24-29-44-40-31-36(3)30-38(33-40)35-43-28-27-39-32-37(34-42-5-2)25-26-41(39)43/h1,25-28,30-33,42H,5,34-35H2,2-3H3. The molecule has 1 aromatic heterocycles. The van der Waals surface area contributed by atoms with Crippen LogP contribution in [0.5, 0.6) is 5.75 Å². The fourth-order valence-corrected chi connectivity index (χ4v) is 3.62. The van der Waals surface area contributed by atoms with E-state index in [1.165, 1.54) is 16.5 Å². The van der Waals surface area contributed by atoms with Gasteiger partial charge in [-0.25, -0.2) is 0 Å². The average Bonchev–Trinajstić information content (AvgIpc) is 3.42. The number of rotatable bonds is 6. The van der Waals surface area contributed by atoms with Gasteiger partial charge in [-0.15, -0.1) is 6.42 Å². The van der Waals surface area contributed by atoms with Gasteiger partial charge in [0, 0.05) is 95.8 Å². The van der Waals surface area contributed by atoms with Gasteiger partial charge in [-0.3, -0.25) is 0 Å². The summed E-state index contributed by atoms with van der Waals surface area (Å²) >= 11 is 0. The van der Waals surface area contributed by atoms with Crippen LogP contribution in [0.2, 0.25) is 0 Å². The van der Waals surface area contributed by atoms with Gasteiger partial charge in [-0.2, -0.15) is 0 Å². The van der Waals surface area contributed by atoms with Crippen molar-refractivity contribution in [3.05, 3.63) is 65.4 Å². The van der Waals surface area contributed by atoms with E-state index >= 15 is 0 Å². The highest BCUT2D eigenvalue weighted by molar-refractivity contribution is 5.81. The molecule has 0 spiro atoms. The minimum Gasteiger partial charge on any atom is -0.407 e. The Balaban J connectivity index is 1.50. The maximum Gasteiger partial charge on any atom is 0.140 e. The van der Waals surface area contributed by atoms with E-state index in [1.54, 1.807) is 0 Å². The number of benzene rings is 2. The summed E-state index contributed by atoms with van der Waals surface area (Å²) in [6.07, 6.45) is 9.68. The molecule has 0 saturated heterocycles. The maximum absolute atomic E-state index is 5.60. The number of aromatic nitrogens is 1. The van der Waals surface area contributed by atoms with E-state index in [-0.39, 0.29) is 0 Å². The molecular formula is C41H22N2O. The summed E-state index contributed by atoms with van der Waals surface area (Å²) in [5.74, 6) is 50.8. The van der Waals surface area contributed by atoms with Crippen LogP contribution < -0.4 is 10.1 Å². The Morgan fingerprint density at radius 3 is 1.80 bits per heavy atom. The topological polar surface area (TPSA) is 26.2 Å². The van der Waals surface area contributed by atoms with Gasteiger partial charge in [-0.1, -0.05) is 19.1 Å². The Hall–Kier alpha value is -7.10. The minimum atomic E-state index is 0.660. The number of hydrogen-bond acceptors (Lipinski definition) is 2. The molecule has 202 valence electrons. The molecule has 1 N–H and O–H groups in total. The smallest absolute Gasteiger partial charge is 0.140 e. The maximum atomic E-state index is 5.60. The molecule has 3 nitrogen and oxygen atoms in total. The van der Waals surface area contributed by atoms with Crippen LogP contribution >= 0.6 is 0 Å². The Kier molecular flexibility index (Phi) is 13.6. The molecule has 1 heterocycles. The van der Waals surface area contributed by atoms with Gasteiger partial charge in [0.15, 0.2) is 0 Å². The lowest BCUT2D eigenvalue weighted by molar-refractivity contribution is 0.518. The first-order chi connectivity index (χ1) is 21.7. The number of ether oxygens (including phenoxy) is 1. The molecule has 44 heavy (non-hydrogen) atoms. The molecule has 0 amide bonds. The summed E-state index contributed by atoms with van der Waals surface area (Å²) in [5, 5.41) is 4.59. The van der Waals surface area contributed by atoms with Crippen molar-refractivity contribution in [3.8, 4) is 137 Å². The molecule has 0 bridgehead atoms. The van der Waals surface area contributed by atoms with E-state index < -0.39 is 0 Å². The third-order valence-electron chi connectivity index (χ3n) is 5.30. The molecule has 3 rings (SSSR count). The predicted octanol–water partition coefficient (Wildman–Crippen LogP) is 4.11. The Labute approximate surface area is 260 Å². The summed E-state index contributed by atoms with van der Waals surface area (Å²) in [6.45, 7) is 6.68. The first-order valence-corrected chi connectivity index (χ1v) is 13.2. The normalized spacial score (nSPS) is 7.66. The number of fused-ring (bicyclic) bond motifs is 1. The van der Waals surface area contributed by atoms with Crippen molar-refractivity contribution >= 4 is 10.9 Å². The lowest BCUT2D eigenvalue weighted by Gasteiger charge is -2.09. The predicted molar refractivity (Wildman–Crippen MR) is 177 cm³/mol. The third-order valence-corrected chi connectivity index (χ3v) is 5.30. The highest BCUT2D eigenvalue weighted by Crippen LogP contribution is 2.22. The summed E-state index contributed by atoms with van der Waals surface area (Å²) in [4.78, 5) is 0. The van der Waals surface area contributed by atoms with Gasteiger partial charge in [0.2, 0.25) is 0 Å². The highest BCUT2D eigenvalue weighted by Gasteiger charge is 2.05. The SMILES string of the molecule is C#CC#CC#CC#CC#CC#CC#CC#CC#CC#CC#COc1cc(C)cc(Cn2ccc3cc(CNCC)ccc32)c1. The lowest BCUT2D eigenvalue weighted by atomic mass is 10.1. The monoisotopic (exact) mass is 558 g/mol. The molecule has 0 saturated carbocycles. The first kappa shape index (κ1) is 31.4.